The number of hydrogen-bond donors (Lipinski definition) is 3. The monoisotopic (exact) mass is 396 g/mol. The average Bonchev–Trinajstić information content (AvgIpc) is 3.04. The van der Waals surface area contributed by atoms with Gasteiger partial charge in [0.05, 0.1) is 17.5 Å². The maximum atomic E-state index is 13.5. The van der Waals surface area contributed by atoms with Crippen LogP contribution in [0.15, 0.2) is 66.9 Å². The van der Waals surface area contributed by atoms with Gasteiger partial charge in [-0.1, -0.05) is 18.2 Å². The quantitative estimate of drug-likeness (QED) is 0.464. The molecular formula is C20H17FN4O2S. The average molecular weight is 396 g/mol. The van der Waals surface area contributed by atoms with Gasteiger partial charge in [0.15, 0.2) is 0 Å². The van der Waals surface area contributed by atoms with Crippen molar-refractivity contribution >= 4 is 38.1 Å². The van der Waals surface area contributed by atoms with Gasteiger partial charge in [-0.2, -0.15) is 0 Å². The molecule has 0 fully saturated rings. The number of halogens is 1. The lowest BCUT2D eigenvalue weighted by Crippen LogP contribution is -2.09. The molecule has 0 radical (unpaired) electrons. The number of anilines is 3. The SMILES string of the molecule is CS(=O)(=O)Nc1cccc(Nc2cc3[nH]c(-c4cccc(F)c4)cc3cn2)c1. The van der Waals surface area contributed by atoms with Gasteiger partial charge in [0.25, 0.3) is 0 Å². The number of aromatic nitrogens is 2. The summed E-state index contributed by atoms with van der Waals surface area (Å²) in [6, 6.07) is 17.0. The summed E-state index contributed by atoms with van der Waals surface area (Å²) in [4.78, 5) is 7.66. The standard InChI is InChI=1S/C20H17FN4O2S/c1-28(26,27)25-17-7-3-6-16(10-17)23-20-11-19-14(12-22-20)9-18(24-19)13-4-2-5-15(21)8-13/h2-12,24-25H,1H3,(H,22,23). The first-order chi connectivity index (χ1) is 13.4. The summed E-state index contributed by atoms with van der Waals surface area (Å²) in [5.41, 5.74) is 3.56. The molecule has 0 bridgehead atoms. The zero-order valence-electron chi connectivity index (χ0n) is 14.9. The lowest BCUT2D eigenvalue weighted by atomic mass is 10.1. The number of rotatable bonds is 5. The number of hydrogen-bond acceptors (Lipinski definition) is 4. The highest BCUT2D eigenvalue weighted by Crippen LogP contribution is 2.27. The van der Waals surface area contributed by atoms with E-state index in [1.807, 2.05) is 24.3 Å². The van der Waals surface area contributed by atoms with Crippen LogP contribution in [0.1, 0.15) is 0 Å². The van der Waals surface area contributed by atoms with E-state index in [-0.39, 0.29) is 5.82 Å². The van der Waals surface area contributed by atoms with Crippen LogP contribution in [-0.4, -0.2) is 24.6 Å². The molecular weight excluding hydrogens is 379 g/mol. The van der Waals surface area contributed by atoms with Crippen molar-refractivity contribution < 1.29 is 12.8 Å². The van der Waals surface area contributed by atoms with Gasteiger partial charge in [-0.15, -0.1) is 0 Å². The smallest absolute Gasteiger partial charge is 0.229 e. The highest BCUT2D eigenvalue weighted by Gasteiger charge is 2.07. The fourth-order valence-corrected chi connectivity index (χ4v) is 3.48. The molecule has 0 aliphatic heterocycles. The molecule has 0 atom stereocenters. The number of fused-ring (bicyclic) bond motifs is 1. The summed E-state index contributed by atoms with van der Waals surface area (Å²) in [6.07, 6.45) is 2.82. The lowest BCUT2D eigenvalue weighted by molar-refractivity contribution is 0.607. The second-order valence-electron chi connectivity index (χ2n) is 6.43. The zero-order chi connectivity index (χ0) is 19.7. The van der Waals surface area contributed by atoms with E-state index < -0.39 is 10.0 Å². The predicted octanol–water partition coefficient (Wildman–Crippen LogP) is 4.48. The van der Waals surface area contributed by atoms with Crippen LogP contribution in [0.3, 0.4) is 0 Å². The number of sulfonamides is 1. The van der Waals surface area contributed by atoms with Crippen molar-refractivity contribution in [1.82, 2.24) is 9.97 Å². The van der Waals surface area contributed by atoms with E-state index >= 15 is 0 Å². The third-order valence-corrected chi connectivity index (χ3v) is 4.68. The van der Waals surface area contributed by atoms with Crippen LogP contribution in [0.2, 0.25) is 0 Å². The molecule has 142 valence electrons. The van der Waals surface area contributed by atoms with Gasteiger partial charge in [-0.25, -0.2) is 17.8 Å². The predicted molar refractivity (Wildman–Crippen MR) is 110 cm³/mol. The maximum absolute atomic E-state index is 13.5. The van der Waals surface area contributed by atoms with Crippen LogP contribution in [0.4, 0.5) is 21.6 Å². The summed E-state index contributed by atoms with van der Waals surface area (Å²) in [5, 5.41) is 4.05. The Morgan fingerprint density at radius 1 is 1.00 bits per heavy atom. The minimum atomic E-state index is -3.35. The molecule has 4 aromatic rings. The van der Waals surface area contributed by atoms with Crippen LogP contribution >= 0.6 is 0 Å². The molecule has 0 saturated carbocycles. The van der Waals surface area contributed by atoms with E-state index in [2.05, 4.69) is 20.0 Å². The highest BCUT2D eigenvalue weighted by atomic mass is 32.2. The lowest BCUT2D eigenvalue weighted by Gasteiger charge is -2.08. The van der Waals surface area contributed by atoms with Gasteiger partial charge in [0, 0.05) is 34.6 Å². The summed E-state index contributed by atoms with van der Waals surface area (Å²) in [5.74, 6) is 0.302. The number of pyridine rings is 1. The number of nitrogens with zero attached hydrogens (tertiary/aromatic N) is 1. The fourth-order valence-electron chi connectivity index (χ4n) is 2.93. The van der Waals surface area contributed by atoms with Gasteiger partial charge in [0.2, 0.25) is 10.0 Å². The van der Waals surface area contributed by atoms with Crippen molar-refractivity contribution in [2.75, 3.05) is 16.3 Å². The summed E-state index contributed by atoms with van der Waals surface area (Å²) >= 11 is 0. The van der Waals surface area contributed by atoms with E-state index in [0.717, 1.165) is 28.4 Å². The third-order valence-electron chi connectivity index (χ3n) is 4.08. The molecule has 0 spiro atoms. The molecule has 0 aliphatic rings. The minimum Gasteiger partial charge on any atom is -0.354 e. The van der Waals surface area contributed by atoms with Crippen LogP contribution in [0.25, 0.3) is 22.2 Å². The molecule has 2 aromatic carbocycles. The Bertz CT molecular complexity index is 1270. The molecule has 3 N–H and O–H groups in total. The van der Waals surface area contributed by atoms with Crippen LogP contribution in [0.5, 0.6) is 0 Å². The minimum absolute atomic E-state index is 0.292. The van der Waals surface area contributed by atoms with Crippen molar-refractivity contribution in [2.45, 2.75) is 0 Å². The van der Waals surface area contributed by atoms with E-state index in [0.29, 0.717) is 17.2 Å². The normalized spacial score (nSPS) is 11.5. The second-order valence-corrected chi connectivity index (χ2v) is 8.18. The van der Waals surface area contributed by atoms with E-state index in [1.54, 1.807) is 30.5 Å². The number of benzene rings is 2. The molecule has 8 heteroatoms. The Labute approximate surface area is 161 Å². The largest absolute Gasteiger partial charge is 0.354 e. The van der Waals surface area contributed by atoms with Crippen molar-refractivity contribution in [1.29, 1.82) is 0 Å². The molecule has 0 amide bonds. The zero-order valence-corrected chi connectivity index (χ0v) is 15.7. The van der Waals surface area contributed by atoms with Gasteiger partial charge in [0.1, 0.15) is 11.6 Å². The van der Waals surface area contributed by atoms with Crippen LogP contribution < -0.4 is 10.0 Å². The first-order valence-corrected chi connectivity index (χ1v) is 10.3. The fraction of sp³-hybridized carbons (Fsp3) is 0.0500. The van der Waals surface area contributed by atoms with E-state index in [4.69, 9.17) is 0 Å². The second kappa shape index (κ2) is 6.97. The van der Waals surface area contributed by atoms with E-state index in [9.17, 15) is 12.8 Å². The summed E-state index contributed by atoms with van der Waals surface area (Å²) in [7, 11) is -3.35. The molecule has 0 unspecified atom stereocenters. The Morgan fingerprint density at radius 2 is 1.79 bits per heavy atom. The molecule has 28 heavy (non-hydrogen) atoms. The number of nitrogens with one attached hydrogen (secondary N) is 3. The molecule has 0 aliphatic carbocycles. The van der Waals surface area contributed by atoms with E-state index in [1.165, 1.54) is 12.1 Å². The Hall–Kier alpha value is -3.39. The summed E-state index contributed by atoms with van der Waals surface area (Å²) < 4.78 is 38.7. The van der Waals surface area contributed by atoms with Gasteiger partial charge >= 0.3 is 0 Å². The maximum Gasteiger partial charge on any atom is 0.229 e. The molecule has 6 nitrogen and oxygen atoms in total. The molecule has 2 aromatic heterocycles. The molecule has 0 saturated heterocycles. The number of H-pyrrole nitrogens is 1. The Balaban J connectivity index is 1.61. The first-order valence-electron chi connectivity index (χ1n) is 8.45. The van der Waals surface area contributed by atoms with Crippen LogP contribution in [0, 0.1) is 5.82 Å². The third kappa shape index (κ3) is 4.12. The van der Waals surface area contributed by atoms with Gasteiger partial charge in [-0.3, -0.25) is 4.72 Å². The van der Waals surface area contributed by atoms with Gasteiger partial charge in [-0.05, 0) is 36.4 Å². The number of aromatic amines is 1. The summed E-state index contributed by atoms with van der Waals surface area (Å²) in [6.45, 7) is 0. The van der Waals surface area contributed by atoms with Crippen molar-refractivity contribution in [3.05, 3.63) is 72.7 Å². The topological polar surface area (TPSA) is 86.9 Å². The molecule has 4 rings (SSSR count). The van der Waals surface area contributed by atoms with Crippen molar-refractivity contribution in [2.24, 2.45) is 0 Å². The highest BCUT2D eigenvalue weighted by molar-refractivity contribution is 7.92. The van der Waals surface area contributed by atoms with Crippen LogP contribution in [-0.2, 0) is 10.0 Å². The van der Waals surface area contributed by atoms with Crippen molar-refractivity contribution in [3.8, 4) is 11.3 Å². The Kier molecular flexibility index (Phi) is 4.48. The van der Waals surface area contributed by atoms with Gasteiger partial charge < -0.3 is 10.3 Å². The van der Waals surface area contributed by atoms with Crippen molar-refractivity contribution in [3.63, 3.8) is 0 Å². The Morgan fingerprint density at radius 3 is 2.57 bits per heavy atom. The first kappa shape index (κ1) is 18.0. The molecule has 2 heterocycles.